The van der Waals surface area contributed by atoms with E-state index in [1.807, 2.05) is 25.1 Å². The number of amides is 2. The van der Waals surface area contributed by atoms with Gasteiger partial charge in [-0.05, 0) is 46.2 Å². The number of anilines is 1. The molecule has 0 bridgehead atoms. The summed E-state index contributed by atoms with van der Waals surface area (Å²) in [4.78, 5) is 12.9. The van der Waals surface area contributed by atoms with Gasteiger partial charge in [0.05, 0.1) is 6.04 Å². The van der Waals surface area contributed by atoms with Crippen molar-refractivity contribution in [3.05, 3.63) is 77.4 Å². The quantitative estimate of drug-likeness (QED) is 0.497. The number of benzene rings is 3. The van der Waals surface area contributed by atoms with Gasteiger partial charge in [-0.2, -0.15) is 0 Å². The Hall–Kier alpha value is -2.81. The molecule has 3 rings (SSSR count). The average Bonchev–Trinajstić information content (AvgIpc) is 2.67. The number of rotatable bonds is 5. The number of hydrogen-bond acceptors (Lipinski definition) is 1. The summed E-state index contributed by atoms with van der Waals surface area (Å²) >= 11 is 0. The van der Waals surface area contributed by atoms with Crippen molar-refractivity contribution in [3.63, 3.8) is 0 Å². The van der Waals surface area contributed by atoms with Crippen LogP contribution in [0, 0.1) is 0 Å². The van der Waals surface area contributed by atoms with Crippen molar-refractivity contribution < 1.29 is 4.79 Å². The maximum Gasteiger partial charge on any atom is 0.319 e. The Morgan fingerprint density at radius 2 is 1.25 bits per heavy atom. The molecule has 0 radical (unpaired) electrons. The van der Waals surface area contributed by atoms with Crippen LogP contribution >= 0.6 is 0 Å². The Bertz CT molecular complexity index is 944. The molecule has 3 heteroatoms. The summed E-state index contributed by atoms with van der Waals surface area (Å²) in [5.74, 6) is 0.675. The molecule has 2 amide bonds. The zero-order valence-electron chi connectivity index (χ0n) is 17.4. The third kappa shape index (κ3) is 4.19. The summed E-state index contributed by atoms with van der Waals surface area (Å²) in [5, 5.41) is 8.61. The van der Waals surface area contributed by atoms with Gasteiger partial charge >= 0.3 is 6.03 Å². The first-order valence-corrected chi connectivity index (χ1v) is 10.1. The monoisotopic (exact) mass is 374 g/mol. The fraction of sp³-hybridized carbons (Fsp3) is 0.320. The first kappa shape index (κ1) is 19.9. The van der Waals surface area contributed by atoms with E-state index < -0.39 is 0 Å². The van der Waals surface area contributed by atoms with Crippen molar-refractivity contribution in [1.29, 1.82) is 0 Å². The van der Waals surface area contributed by atoms with E-state index in [0.29, 0.717) is 11.8 Å². The molecule has 3 nitrogen and oxygen atoms in total. The fourth-order valence-corrected chi connectivity index (χ4v) is 3.75. The van der Waals surface area contributed by atoms with Crippen LogP contribution in [0.4, 0.5) is 10.5 Å². The number of carbonyl (C=O) groups is 1. The summed E-state index contributed by atoms with van der Waals surface area (Å²) in [5.41, 5.74) is 4.39. The smallest absolute Gasteiger partial charge is 0.319 e. The van der Waals surface area contributed by atoms with E-state index in [4.69, 9.17) is 0 Å². The maximum absolute atomic E-state index is 12.9. The molecule has 0 saturated heterocycles. The first-order valence-electron chi connectivity index (χ1n) is 10.1. The minimum absolute atomic E-state index is 0.0974. The Kier molecular flexibility index (Phi) is 6.03. The van der Waals surface area contributed by atoms with Crippen molar-refractivity contribution >= 4 is 22.5 Å². The number of para-hydroxylation sites is 1. The van der Waals surface area contributed by atoms with Crippen molar-refractivity contribution in [3.8, 4) is 0 Å². The van der Waals surface area contributed by atoms with Gasteiger partial charge in [-0.15, -0.1) is 0 Å². The second-order valence-corrected chi connectivity index (χ2v) is 8.01. The molecule has 2 N–H and O–H groups in total. The maximum atomic E-state index is 12.9. The Balaban J connectivity index is 1.84. The Morgan fingerprint density at radius 1 is 0.714 bits per heavy atom. The van der Waals surface area contributed by atoms with Gasteiger partial charge in [-0.1, -0.05) is 88.4 Å². The number of nitrogens with one attached hydrogen (secondary N) is 2. The van der Waals surface area contributed by atoms with Gasteiger partial charge < -0.3 is 10.6 Å². The summed E-state index contributed by atoms with van der Waals surface area (Å²) in [6.45, 7) is 10.6. The first-order chi connectivity index (χ1) is 13.4. The lowest BCUT2D eigenvalue weighted by Crippen LogP contribution is -2.32. The van der Waals surface area contributed by atoms with Crippen molar-refractivity contribution in [2.24, 2.45) is 0 Å². The number of urea groups is 1. The highest BCUT2D eigenvalue weighted by Crippen LogP contribution is 2.32. The minimum atomic E-state index is -0.171. The molecule has 0 aliphatic carbocycles. The molecule has 0 spiro atoms. The highest BCUT2D eigenvalue weighted by Gasteiger charge is 2.18. The lowest BCUT2D eigenvalue weighted by molar-refractivity contribution is 0.249. The van der Waals surface area contributed by atoms with E-state index in [0.717, 1.165) is 11.3 Å². The van der Waals surface area contributed by atoms with Crippen LogP contribution in [-0.2, 0) is 0 Å². The largest absolute Gasteiger partial charge is 0.331 e. The van der Waals surface area contributed by atoms with E-state index in [2.05, 4.69) is 80.8 Å². The van der Waals surface area contributed by atoms with Crippen molar-refractivity contribution in [1.82, 2.24) is 5.32 Å². The summed E-state index contributed by atoms with van der Waals surface area (Å²) in [6.07, 6.45) is 0. The van der Waals surface area contributed by atoms with E-state index >= 15 is 0 Å². The van der Waals surface area contributed by atoms with E-state index in [1.165, 1.54) is 21.9 Å². The molecular weight excluding hydrogens is 344 g/mol. The van der Waals surface area contributed by atoms with Gasteiger partial charge in [-0.25, -0.2) is 4.79 Å². The molecule has 1 atom stereocenters. The number of hydrogen-bond donors (Lipinski definition) is 2. The van der Waals surface area contributed by atoms with Crippen molar-refractivity contribution in [2.45, 2.75) is 52.5 Å². The molecule has 0 unspecified atom stereocenters. The van der Waals surface area contributed by atoms with Gasteiger partial charge in [0, 0.05) is 5.69 Å². The van der Waals surface area contributed by atoms with Crippen LogP contribution in [0.2, 0.25) is 0 Å². The molecule has 28 heavy (non-hydrogen) atoms. The van der Waals surface area contributed by atoms with Crippen LogP contribution in [0.3, 0.4) is 0 Å². The van der Waals surface area contributed by atoms with Crippen molar-refractivity contribution in [2.75, 3.05) is 5.32 Å². The van der Waals surface area contributed by atoms with Crippen LogP contribution < -0.4 is 10.6 Å². The highest BCUT2D eigenvalue weighted by atomic mass is 16.2. The molecule has 0 fully saturated rings. The minimum Gasteiger partial charge on any atom is -0.331 e. The van der Waals surface area contributed by atoms with Gasteiger partial charge in [0.1, 0.15) is 0 Å². The number of fused-ring (bicyclic) bond motifs is 1. The SMILES string of the molecule is CC(C)c1cccc(C(C)C)c1NC(=O)N[C@H](C)c1cccc2ccccc12. The zero-order chi connectivity index (χ0) is 20.3. The molecular formula is C25H30N2O. The van der Waals surface area contributed by atoms with Crippen LogP contribution in [0.1, 0.15) is 69.2 Å². The lowest BCUT2D eigenvalue weighted by atomic mass is 9.93. The van der Waals surface area contributed by atoms with Crippen LogP contribution in [0.25, 0.3) is 10.8 Å². The summed E-state index contributed by atoms with van der Waals surface area (Å²) in [6, 6.07) is 20.5. The molecule has 0 heterocycles. The predicted molar refractivity (Wildman–Crippen MR) is 119 cm³/mol. The third-order valence-corrected chi connectivity index (χ3v) is 5.25. The lowest BCUT2D eigenvalue weighted by Gasteiger charge is -2.22. The molecule has 0 aliphatic rings. The molecule has 0 aromatic heterocycles. The predicted octanol–water partition coefficient (Wildman–Crippen LogP) is 6.97. The average molecular weight is 375 g/mol. The standard InChI is InChI=1S/C25H30N2O/c1-16(2)20-13-9-14-21(17(3)4)24(20)27-25(28)26-18(5)22-15-8-11-19-10-6-7-12-23(19)22/h6-18H,1-5H3,(H2,26,27,28)/t18-/m1/s1. The van der Waals surface area contributed by atoms with Crippen LogP contribution in [0.15, 0.2) is 60.7 Å². The van der Waals surface area contributed by atoms with Crippen LogP contribution in [-0.4, -0.2) is 6.03 Å². The second-order valence-electron chi connectivity index (χ2n) is 8.01. The third-order valence-electron chi connectivity index (χ3n) is 5.25. The summed E-state index contributed by atoms with van der Waals surface area (Å²) in [7, 11) is 0. The molecule has 0 saturated carbocycles. The van der Waals surface area contributed by atoms with E-state index in [9.17, 15) is 4.79 Å². The van der Waals surface area contributed by atoms with Gasteiger partial charge in [0.15, 0.2) is 0 Å². The molecule has 3 aromatic rings. The number of carbonyl (C=O) groups excluding carboxylic acids is 1. The van der Waals surface area contributed by atoms with Gasteiger partial charge in [0.25, 0.3) is 0 Å². The fourth-order valence-electron chi connectivity index (χ4n) is 3.75. The molecule has 3 aromatic carbocycles. The zero-order valence-corrected chi connectivity index (χ0v) is 17.4. The Labute approximate surface area is 168 Å². The topological polar surface area (TPSA) is 41.1 Å². The van der Waals surface area contributed by atoms with Gasteiger partial charge in [0.2, 0.25) is 0 Å². The molecule has 0 aliphatic heterocycles. The highest BCUT2D eigenvalue weighted by molar-refractivity contribution is 5.92. The normalized spacial score (nSPS) is 12.4. The summed E-state index contributed by atoms with van der Waals surface area (Å²) < 4.78 is 0. The molecule has 146 valence electrons. The van der Waals surface area contributed by atoms with E-state index in [-0.39, 0.29) is 12.1 Å². The van der Waals surface area contributed by atoms with Crippen LogP contribution in [0.5, 0.6) is 0 Å². The second kappa shape index (κ2) is 8.47. The van der Waals surface area contributed by atoms with Gasteiger partial charge in [-0.3, -0.25) is 0 Å². The van der Waals surface area contributed by atoms with E-state index in [1.54, 1.807) is 0 Å². The Morgan fingerprint density at radius 3 is 1.89 bits per heavy atom.